The van der Waals surface area contributed by atoms with E-state index in [0.717, 1.165) is 30.9 Å². The minimum Gasteiger partial charge on any atom is -0.438 e. The fourth-order valence-corrected chi connectivity index (χ4v) is 9.10. The van der Waals surface area contributed by atoms with E-state index < -0.39 is 99.2 Å². The van der Waals surface area contributed by atoms with E-state index in [-0.39, 0.29) is 12.3 Å². The lowest BCUT2D eigenvalue weighted by molar-refractivity contribution is -0.163. The van der Waals surface area contributed by atoms with Gasteiger partial charge < -0.3 is 24.1 Å². The molecule has 0 aromatic carbocycles. The van der Waals surface area contributed by atoms with Gasteiger partial charge in [0.15, 0.2) is 4.90 Å². The number of aliphatic hydroxyl groups excluding tert-OH is 1. The molecule has 0 spiro atoms. The highest BCUT2D eigenvalue weighted by Crippen LogP contribution is 2.78. The van der Waals surface area contributed by atoms with Gasteiger partial charge in [-0.25, -0.2) is 0 Å². The van der Waals surface area contributed by atoms with Crippen LogP contribution in [0.15, 0.2) is 29.5 Å². The first-order valence-corrected chi connectivity index (χ1v) is 22.7. The molecule has 1 aromatic heterocycles. The maximum absolute atomic E-state index is 15.4. The number of rotatable bonds is 23. The molecule has 0 saturated carbocycles. The van der Waals surface area contributed by atoms with Crippen LogP contribution < -0.4 is 0 Å². The Bertz CT molecular complexity index is 1610. The smallest absolute Gasteiger partial charge is 0.354 e. The lowest BCUT2D eigenvalue weighted by Crippen LogP contribution is -2.35. The van der Waals surface area contributed by atoms with Gasteiger partial charge >= 0.3 is 39.1 Å². The van der Waals surface area contributed by atoms with E-state index in [4.69, 9.17) is 37.0 Å². The molecule has 0 unspecified atom stereocenters. The monoisotopic (exact) mass is 893 g/mol. The number of carbonyl (C=O) groups excluding carboxylic acids is 4. The third kappa shape index (κ3) is 17.6. The Hall–Kier alpha value is -3.24. The molecule has 0 radical (unpaired) electrons. The first-order valence-electron chi connectivity index (χ1n) is 19.6. The summed E-state index contributed by atoms with van der Waals surface area (Å²) in [5.74, 6) is -3.01. The van der Waals surface area contributed by atoms with Crippen LogP contribution in [0.1, 0.15) is 129 Å². The van der Waals surface area contributed by atoms with Crippen LogP contribution in [-0.2, 0) is 78.3 Å². The second kappa shape index (κ2) is 22.7. The zero-order valence-corrected chi connectivity index (χ0v) is 40.0. The van der Waals surface area contributed by atoms with Gasteiger partial charge in [-0.15, -0.1) is 5.10 Å². The van der Waals surface area contributed by atoms with Crippen molar-refractivity contribution < 1.29 is 70.5 Å². The quantitative estimate of drug-likeness (QED) is 0.0359. The van der Waals surface area contributed by atoms with Crippen molar-refractivity contribution in [3.8, 4) is 0 Å². The van der Waals surface area contributed by atoms with E-state index >= 15 is 9.13 Å². The molecule has 0 aliphatic heterocycles. The topological polar surface area (TPSA) is 227 Å². The highest BCUT2D eigenvalue weighted by atomic mass is 31.2. The summed E-state index contributed by atoms with van der Waals surface area (Å²) in [6.07, 6.45) is 7.02. The van der Waals surface area contributed by atoms with Gasteiger partial charge in [0, 0.05) is 19.2 Å². The number of hydrogen-bond donors (Lipinski definition) is 1. The molecule has 1 rings (SSSR count). The zero-order chi connectivity index (χ0) is 46.4. The fourth-order valence-electron chi connectivity index (χ4n) is 4.47. The van der Waals surface area contributed by atoms with Crippen molar-refractivity contribution >= 4 is 39.1 Å². The van der Waals surface area contributed by atoms with Crippen LogP contribution in [0.2, 0.25) is 0 Å². The van der Waals surface area contributed by atoms with Crippen molar-refractivity contribution in [1.82, 2.24) is 15.0 Å². The maximum atomic E-state index is 15.4. The zero-order valence-electron chi connectivity index (χ0n) is 38.2. The predicted molar refractivity (Wildman–Crippen MR) is 222 cm³/mol. The van der Waals surface area contributed by atoms with Gasteiger partial charge in [-0.05, 0) is 123 Å². The number of esters is 4. The Morgan fingerprint density at radius 1 is 0.617 bits per heavy atom. The molecular formula is C40H69N3O15P2. The predicted octanol–water partition coefficient (Wildman–Crippen LogP) is 8.23. The molecule has 20 heteroatoms. The van der Waals surface area contributed by atoms with Crippen molar-refractivity contribution in [2.45, 2.75) is 141 Å². The van der Waals surface area contributed by atoms with Crippen LogP contribution in [0.25, 0.3) is 0 Å². The Labute approximate surface area is 355 Å². The molecule has 18 nitrogen and oxygen atoms in total. The third-order valence-electron chi connectivity index (χ3n) is 8.51. The van der Waals surface area contributed by atoms with E-state index in [1.54, 1.807) is 83.1 Å². The van der Waals surface area contributed by atoms with Crippen LogP contribution in [0.3, 0.4) is 0 Å². The minimum atomic E-state index is -5.14. The average molecular weight is 894 g/mol. The second-order valence-corrected chi connectivity index (χ2v) is 24.0. The molecule has 0 bridgehead atoms. The Kier molecular flexibility index (Phi) is 20.8. The van der Waals surface area contributed by atoms with Crippen LogP contribution in [0.5, 0.6) is 0 Å². The van der Waals surface area contributed by atoms with E-state index in [0.29, 0.717) is 13.0 Å². The summed E-state index contributed by atoms with van der Waals surface area (Å²) < 4.78 is 76.3. The molecule has 344 valence electrons. The lowest BCUT2D eigenvalue weighted by atomic mass is 9.98. The molecule has 0 fully saturated rings. The van der Waals surface area contributed by atoms with Crippen molar-refractivity contribution in [1.29, 1.82) is 0 Å². The lowest BCUT2D eigenvalue weighted by Gasteiger charge is -2.39. The number of nitrogens with zero attached hydrogens (tertiary/aromatic N) is 3. The molecule has 0 aliphatic carbocycles. The van der Waals surface area contributed by atoms with Gasteiger partial charge in [-0.2, -0.15) is 0 Å². The molecule has 0 aliphatic rings. The molecular weight excluding hydrogens is 824 g/mol. The Morgan fingerprint density at radius 3 is 1.30 bits per heavy atom. The molecule has 1 heterocycles. The molecule has 0 amide bonds. The number of allylic oxidation sites excluding steroid dienone is 3. The fraction of sp³-hybridized carbons (Fsp3) is 0.750. The summed E-state index contributed by atoms with van der Waals surface area (Å²) in [6.45, 7) is 20.3. The number of carbonyl (C=O) groups is 4. The molecule has 1 aromatic rings. The maximum Gasteiger partial charge on any atom is 0.354 e. The number of ether oxygens (including phenoxy) is 4. The van der Waals surface area contributed by atoms with Crippen molar-refractivity contribution in [3.63, 3.8) is 0 Å². The van der Waals surface area contributed by atoms with Crippen LogP contribution in [0, 0.1) is 21.7 Å². The van der Waals surface area contributed by atoms with Gasteiger partial charge in [0.25, 0.3) is 0 Å². The van der Waals surface area contributed by atoms with Gasteiger partial charge in [0.2, 0.25) is 27.2 Å². The molecule has 1 N–H and O–H groups in total. The van der Waals surface area contributed by atoms with E-state index in [9.17, 15) is 24.3 Å². The number of hydrogen-bond acceptors (Lipinski definition) is 17. The molecule has 0 atom stereocenters. The van der Waals surface area contributed by atoms with Crippen LogP contribution in [-0.4, -0.2) is 82.7 Å². The normalized spacial score (nSPS) is 13.9. The van der Waals surface area contributed by atoms with E-state index in [1.807, 2.05) is 26.0 Å². The summed E-state index contributed by atoms with van der Waals surface area (Å²) in [4.78, 5) is 48.5. The van der Waals surface area contributed by atoms with Crippen LogP contribution in [0.4, 0.5) is 0 Å². The van der Waals surface area contributed by atoms with Gasteiger partial charge in [0.1, 0.15) is 0 Å². The van der Waals surface area contributed by atoms with Gasteiger partial charge in [-0.1, -0.05) is 28.5 Å². The summed E-state index contributed by atoms with van der Waals surface area (Å²) in [5, 5.41) is 17.6. The largest absolute Gasteiger partial charge is 0.438 e. The van der Waals surface area contributed by atoms with Crippen molar-refractivity contribution in [2.75, 3.05) is 33.8 Å². The van der Waals surface area contributed by atoms with Crippen LogP contribution >= 0.6 is 15.2 Å². The van der Waals surface area contributed by atoms with E-state index in [1.165, 1.54) is 10.9 Å². The SMILES string of the molecule is CC(=CCCn1cc(CC(C)(P(=O)(OCOC(=O)C(C)(C)C)OCOC(=O)C(C)(C)C)P(=O)(OCOC(=O)C(C)(C)C)OCOC(=O)C(C)(C)C)nn1)CC/C=C(\C)CO. The number of aliphatic hydroxyl groups is 1. The summed E-state index contributed by atoms with van der Waals surface area (Å²) >= 11 is 0. The average Bonchev–Trinajstić information content (AvgIpc) is 3.56. The highest BCUT2D eigenvalue weighted by molar-refractivity contribution is 7.74. The van der Waals surface area contributed by atoms with E-state index in [2.05, 4.69) is 10.3 Å². The summed E-state index contributed by atoms with van der Waals surface area (Å²) in [6, 6.07) is 0. The second-order valence-electron chi connectivity index (χ2n) is 18.7. The van der Waals surface area contributed by atoms with Crippen molar-refractivity contribution in [2.24, 2.45) is 21.7 Å². The highest BCUT2D eigenvalue weighted by Gasteiger charge is 2.63. The Morgan fingerprint density at radius 2 is 0.967 bits per heavy atom. The third-order valence-corrected chi connectivity index (χ3v) is 14.4. The summed E-state index contributed by atoms with van der Waals surface area (Å²) in [5.41, 5.74) is -1.98. The van der Waals surface area contributed by atoms with Crippen molar-refractivity contribution in [3.05, 3.63) is 35.2 Å². The van der Waals surface area contributed by atoms with Gasteiger partial charge in [-0.3, -0.25) is 51.1 Å². The first-order chi connectivity index (χ1) is 27.3. The number of aryl methyl sites for hydroxylation is 1. The number of aromatic nitrogens is 3. The van der Waals surface area contributed by atoms with Gasteiger partial charge in [0.05, 0.1) is 34.0 Å². The Balaban J connectivity index is 3.87. The minimum absolute atomic E-state index is 0.00245. The molecule has 60 heavy (non-hydrogen) atoms. The first kappa shape index (κ1) is 54.8. The molecule has 0 saturated heterocycles. The standard InChI is InChI=1S/C40H69N3O15P2/c1-29(18-16-19-30(2)24-44)20-17-21-43-23-31(41-42-43)22-40(15,59(49,55-25-51-32(45)36(3,4)5)56-26-52-33(46)37(6,7)8)60(50,57-27-53-34(47)38(9,10)11)58-28-54-35(48)39(12,13)14/h19-20,23,44H,16-18,21-22,24-28H2,1-15H3/b29-20?,30-19+. The summed E-state index contributed by atoms with van der Waals surface area (Å²) in [7, 11) is -10.3.